The summed E-state index contributed by atoms with van der Waals surface area (Å²) in [4.78, 5) is 15.1. The molecule has 8 nitrogen and oxygen atoms in total. The highest BCUT2D eigenvalue weighted by molar-refractivity contribution is 7.89. The second kappa shape index (κ2) is 7.54. The smallest absolute Gasteiger partial charge is 0.247 e. The van der Waals surface area contributed by atoms with E-state index in [9.17, 15) is 13.2 Å². The topological polar surface area (TPSA) is 91.0 Å². The Kier molecular flexibility index (Phi) is 5.01. The summed E-state index contributed by atoms with van der Waals surface area (Å²) in [6.07, 6.45) is 3.15. The van der Waals surface area contributed by atoms with Gasteiger partial charge in [-0.1, -0.05) is 12.1 Å². The number of ether oxygens (including phenoxy) is 1. The number of hydrogen-bond donors (Lipinski definition) is 2. The molecule has 0 radical (unpaired) electrons. The van der Waals surface area contributed by atoms with E-state index in [0.29, 0.717) is 57.2 Å². The number of para-hydroxylation sites is 1. The molecule has 9 heteroatoms. The van der Waals surface area contributed by atoms with Gasteiger partial charge in [-0.3, -0.25) is 15.6 Å². The van der Waals surface area contributed by atoms with E-state index >= 15 is 0 Å². The van der Waals surface area contributed by atoms with Crippen LogP contribution in [0.2, 0.25) is 0 Å². The summed E-state index contributed by atoms with van der Waals surface area (Å²) in [7, 11) is -3.63. The van der Waals surface area contributed by atoms with Crippen LogP contribution in [0.3, 0.4) is 0 Å². The SMILES string of the molecule is O=C(C1CNNC1)N1CC[C@@H]2[C@@H](CC1)Oc1ccccc1S(=O)(=O)N2CC1CC1. The number of sulfonamides is 1. The average molecular weight is 421 g/mol. The predicted octanol–water partition coefficient (Wildman–Crippen LogP) is 0.563. The Morgan fingerprint density at radius 2 is 1.79 bits per heavy atom. The molecule has 0 aromatic heterocycles. The van der Waals surface area contributed by atoms with Crippen molar-refractivity contribution in [3.8, 4) is 5.75 Å². The summed E-state index contributed by atoms with van der Waals surface area (Å²) in [5, 5.41) is 0. The van der Waals surface area contributed by atoms with Crippen LogP contribution in [0, 0.1) is 11.8 Å². The van der Waals surface area contributed by atoms with Gasteiger partial charge in [0.05, 0.1) is 12.0 Å². The van der Waals surface area contributed by atoms with E-state index in [0.717, 1.165) is 12.8 Å². The van der Waals surface area contributed by atoms with Crippen molar-refractivity contribution < 1.29 is 17.9 Å². The van der Waals surface area contributed by atoms with Crippen LogP contribution < -0.4 is 15.6 Å². The van der Waals surface area contributed by atoms with Crippen LogP contribution in [-0.2, 0) is 14.8 Å². The summed E-state index contributed by atoms with van der Waals surface area (Å²) >= 11 is 0. The Balaban J connectivity index is 1.44. The zero-order valence-electron chi connectivity index (χ0n) is 16.4. The highest BCUT2D eigenvalue weighted by atomic mass is 32.2. The van der Waals surface area contributed by atoms with Crippen LogP contribution in [0.15, 0.2) is 29.2 Å². The molecule has 1 amide bonds. The van der Waals surface area contributed by atoms with E-state index in [2.05, 4.69) is 10.9 Å². The maximum Gasteiger partial charge on any atom is 0.247 e. The Morgan fingerprint density at radius 3 is 2.55 bits per heavy atom. The van der Waals surface area contributed by atoms with Crippen LogP contribution in [0.25, 0.3) is 0 Å². The van der Waals surface area contributed by atoms with Gasteiger partial charge in [-0.05, 0) is 37.3 Å². The number of benzene rings is 1. The van der Waals surface area contributed by atoms with Crippen LogP contribution in [-0.4, -0.2) is 68.4 Å². The molecule has 4 aliphatic rings. The fourth-order valence-corrected chi connectivity index (χ4v) is 6.54. The number of likely N-dealkylation sites (tertiary alicyclic amines) is 1. The molecule has 158 valence electrons. The molecule has 2 atom stereocenters. The molecule has 29 heavy (non-hydrogen) atoms. The third-order valence-corrected chi connectivity index (χ3v) is 8.44. The normalized spacial score (nSPS) is 30.0. The first kappa shape index (κ1) is 19.3. The van der Waals surface area contributed by atoms with Gasteiger partial charge in [-0.25, -0.2) is 8.42 Å². The molecule has 1 saturated carbocycles. The van der Waals surface area contributed by atoms with E-state index in [-0.39, 0.29) is 28.9 Å². The third-order valence-electron chi connectivity index (χ3n) is 6.51. The zero-order valence-corrected chi connectivity index (χ0v) is 17.2. The molecule has 3 heterocycles. The fourth-order valence-electron chi connectivity index (χ4n) is 4.66. The Bertz CT molecular complexity index is 882. The maximum atomic E-state index is 13.5. The largest absolute Gasteiger partial charge is 0.487 e. The monoisotopic (exact) mass is 420 g/mol. The van der Waals surface area contributed by atoms with Crippen molar-refractivity contribution in [3.63, 3.8) is 0 Å². The molecule has 3 aliphatic heterocycles. The minimum atomic E-state index is -3.63. The molecule has 0 spiro atoms. The van der Waals surface area contributed by atoms with Crippen molar-refractivity contribution in [1.82, 2.24) is 20.1 Å². The molecule has 1 aromatic rings. The van der Waals surface area contributed by atoms with E-state index in [1.165, 1.54) is 0 Å². The van der Waals surface area contributed by atoms with Crippen LogP contribution in [0.5, 0.6) is 5.75 Å². The third kappa shape index (κ3) is 3.65. The summed E-state index contributed by atoms with van der Waals surface area (Å²) in [5.41, 5.74) is 6.03. The van der Waals surface area contributed by atoms with E-state index in [4.69, 9.17) is 4.74 Å². The molecule has 0 unspecified atom stereocenters. The van der Waals surface area contributed by atoms with Crippen molar-refractivity contribution in [1.29, 1.82) is 0 Å². The lowest BCUT2D eigenvalue weighted by Crippen LogP contribution is -2.48. The van der Waals surface area contributed by atoms with Crippen molar-refractivity contribution in [2.45, 2.75) is 42.7 Å². The van der Waals surface area contributed by atoms with Gasteiger partial charge in [-0.15, -0.1) is 0 Å². The van der Waals surface area contributed by atoms with Gasteiger partial charge < -0.3 is 9.64 Å². The molecular weight excluding hydrogens is 392 g/mol. The van der Waals surface area contributed by atoms with Gasteiger partial charge >= 0.3 is 0 Å². The first-order valence-electron chi connectivity index (χ1n) is 10.6. The van der Waals surface area contributed by atoms with Gasteiger partial charge in [0.25, 0.3) is 0 Å². The number of fused-ring (bicyclic) bond motifs is 2. The van der Waals surface area contributed by atoms with E-state index in [1.807, 2.05) is 11.0 Å². The Labute approximate surface area is 171 Å². The quantitative estimate of drug-likeness (QED) is 0.743. The Morgan fingerprint density at radius 1 is 1.07 bits per heavy atom. The minimum absolute atomic E-state index is 0.0640. The number of nitrogens with one attached hydrogen (secondary N) is 2. The van der Waals surface area contributed by atoms with Gasteiger partial charge in [-0.2, -0.15) is 4.31 Å². The highest BCUT2D eigenvalue weighted by Crippen LogP contribution is 2.39. The van der Waals surface area contributed by atoms with Crippen molar-refractivity contribution in [2.24, 2.45) is 11.8 Å². The Hall–Kier alpha value is -1.68. The molecule has 3 fully saturated rings. The van der Waals surface area contributed by atoms with Crippen LogP contribution in [0.1, 0.15) is 25.7 Å². The van der Waals surface area contributed by atoms with Crippen molar-refractivity contribution >= 4 is 15.9 Å². The minimum Gasteiger partial charge on any atom is -0.487 e. The van der Waals surface area contributed by atoms with E-state index < -0.39 is 10.0 Å². The molecule has 2 N–H and O–H groups in total. The van der Waals surface area contributed by atoms with Gasteiger partial charge in [0, 0.05) is 39.1 Å². The fraction of sp³-hybridized carbons (Fsp3) is 0.650. The molecular formula is C20H28N4O4S. The number of carbonyl (C=O) groups excluding carboxylic acids is 1. The van der Waals surface area contributed by atoms with Crippen molar-refractivity contribution in [2.75, 3.05) is 32.7 Å². The van der Waals surface area contributed by atoms with E-state index in [1.54, 1.807) is 22.5 Å². The maximum absolute atomic E-state index is 13.5. The average Bonchev–Trinajstić information content (AvgIpc) is 3.43. The molecule has 0 bridgehead atoms. The highest BCUT2D eigenvalue weighted by Gasteiger charge is 2.45. The first-order valence-corrected chi connectivity index (χ1v) is 12.0. The first-order chi connectivity index (χ1) is 14.0. The second-order valence-electron chi connectivity index (χ2n) is 8.55. The molecule has 1 aromatic carbocycles. The van der Waals surface area contributed by atoms with Gasteiger partial charge in [0.15, 0.2) is 0 Å². The number of hydrogen-bond acceptors (Lipinski definition) is 6. The van der Waals surface area contributed by atoms with Crippen molar-refractivity contribution in [3.05, 3.63) is 24.3 Å². The lowest BCUT2D eigenvalue weighted by molar-refractivity contribution is -0.134. The number of hydrazine groups is 1. The summed E-state index contributed by atoms with van der Waals surface area (Å²) in [6, 6.07) is 6.71. The standard InChI is InChI=1S/C20H28N4O4S/c25-20(15-11-21-22-12-15)23-9-7-16-17(8-10-23)28-18-3-1-2-4-19(18)29(26,27)24(16)13-14-5-6-14/h1-4,14-17,21-22H,5-13H2/t16-,17-/m1/s1. The summed E-state index contributed by atoms with van der Waals surface area (Å²) in [6.45, 7) is 2.97. The number of amides is 1. The second-order valence-corrected chi connectivity index (χ2v) is 10.4. The zero-order chi connectivity index (χ0) is 20.0. The lowest BCUT2D eigenvalue weighted by atomic mass is 10.1. The molecule has 2 saturated heterocycles. The van der Waals surface area contributed by atoms with Crippen LogP contribution >= 0.6 is 0 Å². The predicted molar refractivity (Wildman–Crippen MR) is 107 cm³/mol. The summed E-state index contributed by atoms with van der Waals surface area (Å²) in [5.74, 6) is 0.943. The number of carbonyl (C=O) groups is 1. The lowest BCUT2D eigenvalue weighted by Gasteiger charge is -2.31. The number of rotatable bonds is 3. The molecule has 1 aliphatic carbocycles. The summed E-state index contributed by atoms with van der Waals surface area (Å²) < 4.78 is 35.0. The van der Waals surface area contributed by atoms with Gasteiger partial charge in [0.1, 0.15) is 16.7 Å². The van der Waals surface area contributed by atoms with Gasteiger partial charge in [0.2, 0.25) is 15.9 Å². The number of nitrogens with zero attached hydrogens (tertiary/aromatic N) is 2. The van der Waals surface area contributed by atoms with Crippen LogP contribution in [0.4, 0.5) is 0 Å². The molecule has 5 rings (SSSR count).